The van der Waals surface area contributed by atoms with Gasteiger partial charge < -0.3 is 19.5 Å². The zero-order valence-corrected chi connectivity index (χ0v) is 12.8. The molecule has 116 valence electrons. The van der Waals surface area contributed by atoms with Crippen LogP contribution in [0, 0.1) is 5.92 Å². The molecular formula is C16H23NO4. The number of nitrogens with one attached hydrogen (secondary N) is 1. The molecule has 0 bridgehead atoms. The summed E-state index contributed by atoms with van der Waals surface area (Å²) in [5.74, 6) is 0.190. The van der Waals surface area contributed by atoms with Gasteiger partial charge in [0.1, 0.15) is 5.75 Å². The highest BCUT2D eigenvalue weighted by molar-refractivity contribution is 5.96. The summed E-state index contributed by atoms with van der Waals surface area (Å²) in [6, 6.07) is 7.19. The Bertz CT molecular complexity index is 483. The Morgan fingerprint density at radius 2 is 2.05 bits per heavy atom. The Morgan fingerprint density at radius 1 is 1.38 bits per heavy atom. The Morgan fingerprint density at radius 3 is 2.71 bits per heavy atom. The number of carbonyl (C=O) groups is 1. The van der Waals surface area contributed by atoms with Gasteiger partial charge in [-0.15, -0.1) is 0 Å². The van der Waals surface area contributed by atoms with Crippen molar-refractivity contribution in [3.8, 4) is 5.75 Å². The standard InChI is InChI=1S/C16H23NO4/c1-12(10-16(2)20-8-9-21-16)11-17-15(18)13-6-4-5-7-14(13)19-3/h4-7,12H,8-11H2,1-3H3,(H,17,18). The van der Waals surface area contributed by atoms with Gasteiger partial charge in [0, 0.05) is 13.0 Å². The zero-order valence-electron chi connectivity index (χ0n) is 12.8. The van der Waals surface area contributed by atoms with Crippen LogP contribution in [-0.4, -0.2) is 38.6 Å². The van der Waals surface area contributed by atoms with Crippen LogP contribution < -0.4 is 10.1 Å². The molecule has 2 rings (SSSR count). The number of amides is 1. The second-order valence-electron chi connectivity index (χ2n) is 5.55. The summed E-state index contributed by atoms with van der Waals surface area (Å²) >= 11 is 0. The van der Waals surface area contributed by atoms with Gasteiger partial charge in [-0.2, -0.15) is 0 Å². The van der Waals surface area contributed by atoms with E-state index in [4.69, 9.17) is 14.2 Å². The van der Waals surface area contributed by atoms with Gasteiger partial charge in [0.25, 0.3) is 5.91 Å². The Balaban J connectivity index is 1.86. The smallest absolute Gasteiger partial charge is 0.255 e. The van der Waals surface area contributed by atoms with Crippen LogP contribution in [0.3, 0.4) is 0 Å². The molecule has 1 heterocycles. The second-order valence-corrected chi connectivity index (χ2v) is 5.55. The molecule has 0 spiro atoms. The number of para-hydroxylation sites is 1. The molecule has 1 fully saturated rings. The topological polar surface area (TPSA) is 56.8 Å². The minimum absolute atomic E-state index is 0.127. The molecule has 1 N–H and O–H groups in total. The Hall–Kier alpha value is -1.59. The highest BCUT2D eigenvalue weighted by Gasteiger charge is 2.32. The molecule has 5 nitrogen and oxygen atoms in total. The molecule has 5 heteroatoms. The summed E-state index contributed by atoms with van der Waals surface area (Å²) in [5, 5.41) is 2.93. The fourth-order valence-corrected chi connectivity index (χ4v) is 2.57. The quantitative estimate of drug-likeness (QED) is 0.873. The van der Waals surface area contributed by atoms with E-state index in [-0.39, 0.29) is 11.8 Å². The highest BCUT2D eigenvalue weighted by atomic mass is 16.7. The van der Waals surface area contributed by atoms with Gasteiger partial charge in [-0.05, 0) is 25.0 Å². The van der Waals surface area contributed by atoms with Crippen LogP contribution in [0.1, 0.15) is 30.6 Å². The third-order valence-corrected chi connectivity index (χ3v) is 3.58. The molecule has 1 aliphatic heterocycles. The predicted molar refractivity (Wildman–Crippen MR) is 79.4 cm³/mol. The van der Waals surface area contributed by atoms with Crippen molar-refractivity contribution in [2.45, 2.75) is 26.1 Å². The molecule has 1 saturated heterocycles. The minimum Gasteiger partial charge on any atom is -0.496 e. The lowest BCUT2D eigenvalue weighted by atomic mass is 10.0. The largest absolute Gasteiger partial charge is 0.496 e. The molecule has 0 saturated carbocycles. The van der Waals surface area contributed by atoms with Crippen LogP contribution in [0.15, 0.2) is 24.3 Å². The number of ether oxygens (including phenoxy) is 3. The zero-order chi connectivity index (χ0) is 15.3. The van der Waals surface area contributed by atoms with Crippen molar-refractivity contribution in [1.29, 1.82) is 0 Å². The normalized spacial score (nSPS) is 18.2. The molecule has 1 aromatic rings. The predicted octanol–water partition coefficient (Wildman–Crippen LogP) is 2.21. The van der Waals surface area contributed by atoms with Crippen molar-refractivity contribution < 1.29 is 19.0 Å². The van der Waals surface area contributed by atoms with E-state index >= 15 is 0 Å². The fraction of sp³-hybridized carbons (Fsp3) is 0.562. The Labute approximate surface area is 125 Å². The van der Waals surface area contributed by atoms with E-state index in [2.05, 4.69) is 12.2 Å². The maximum atomic E-state index is 12.2. The molecule has 1 unspecified atom stereocenters. The fourth-order valence-electron chi connectivity index (χ4n) is 2.57. The second kappa shape index (κ2) is 6.91. The van der Waals surface area contributed by atoms with E-state index in [0.29, 0.717) is 31.1 Å². The van der Waals surface area contributed by atoms with E-state index in [1.807, 2.05) is 19.1 Å². The van der Waals surface area contributed by atoms with E-state index in [1.54, 1.807) is 19.2 Å². The number of methoxy groups -OCH3 is 1. The number of benzene rings is 1. The summed E-state index contributed by atoms with van der Waals surface area (Å²) in [5.41, 5.74) is 0.548. The van der Waals surface area contributed by atoms with Crippen molar-refractivity contribution in [3.05, 3.63) is 29.8 Å². The molecule has 0 aromatic heterocycles. The van der Waals surface area contributed by atoms with E-state index < -0.39 is 5.79 Å². The van der Waals surface area contributed by atoms with Crippen LogP contribution in [0.4, 0.5) is 0 Å². The van der Waals surface area contributed by atoms with Gasteiger partial charge in [-0.1, -0.05) is 19.1 Å². The summed E-state index contributed by atoms with van der Waals surface area (Å²) in [7, 11) is 1.56. The molecule has 1 amide bonds. The maximum absolute atomic E-state index is 12.2. The lowest BCUT2D eigenvalue weighted by Crippen LogP contribution is -2.34. The van der Waals surface area contributed by atoms with E-state index in [9.17, 15) is 4.79 Å². The van der Waals surface area contributed by atoms with Crippen LogP contribution in [0.25, 0.3) is 0 Å². The van der Waals surface area contributed by atoms with Crippen LogP contribution in [-0.2, 0) is 9.47 Å². The lowest BCUT2D eigenvalue weighted by Gasteiger charge is -2.26. The first-order chi connectivity index (χ1) is 10.0. The van der Waals surface area contributed by atoms with Crippen molar-refractivity contribution in [2.24, 2.45) is 5.92 Å². The summed E-state index contributed by atoms with van der Waals surface area (Å²) in [6.07, 6.45) is 0.749. The summed E-state index contributed by atoms with van der Waals surface area (Å²) < 4.78 is 16.4. The summed E-state index contributed by atoms with van der Waals surface area (Å²) in [4.78, 5) is 12.2. The van der Waals surface area contributed by atoms with Gasteiger partial charge in [0.05, 0.1) is 25.9 Å². The highest BCUT2D eigenvalue weighted by Crippen LogP contribution is 2.26. The molecule has 21 heavy (non-hydrogen) atoms. The van der Waals surface area contributed by atoms with Gasteiger partial charge in [0.2, 0.25) is 0 Å². The summed E-state index contributed by atoms with van der Waals surface area (Å²) in [6.45, 7) is 5.85. The van der Waals surface area contributed by atoms with E-state index in [1.165, 1.54) is 0 Å². The van der Waals surface area contributed by atoms with Crippen molar-refractivity contribution in [2.75, 3.05) is 26.9 Å². The molecule has 1 aromatic carbocycles. The van der Waals surface area contributed by atoms with Crippen LogP contribution in [0.5, 0.6) is 5.75 Å². The third-order valence-electron chi connectivity index (χ3n) is 3.58. The number of rotatable bonds is 6. The molecular weight excluding hydrogens is 270 g/mol. The van der Waals surface area contributed by atoms with Gasteiger partial charge in [-0.3, -0.25) is 4.79 Å². The molecule has 1 aliphatic rings. The lowest BCUT2D eigenvalue weighted by molar-refractivity contribution is -0.153. The Kier molecular flexibility index (Phi) is 5.20. The van der Waals surface area contributed by atoms with Gasteiger partial charge in [-0.25, -0.2) is 0 Å². The molecule has 0 aliphatic carbocycles. The SMILES string of the molecule is COc1ccccc1C(=O)NCC(C)CC1(C)OCCO1. The first-order valence-corrected chi connectivity index (χ1v) is 7.23. The van der Waals surface area contributed by atoms with Crippen molar-refractivity contribution >= 4 is 5.91 Å². The minimum atomic E-state index is -0.519. The first kappa shape index (κ1) is 15.8. The maximum Gasteiger partial charge on any atom is 0.255 e. The van der Waals surface area contributed by atoms with Gasteiger partial charge >= 0.3 is 0 Å². The number of hydrogen-bond acceptors (Lipinski definition) is 4. The average Bonchev–Trinajstić information content (AvgIpc) is 2.91. The number of carbonyl (C=O) groups excluding carboxylic acids is 1. The van der Waals surface area contributed by atoms with E-state index in [0.717, 1.165) is 6.42 Å². The van der Waals surface area contributed by atoms with Gasteiger partial charge in [0.15, 0.2) is 5.79 Å². The molecule has 0 radical (unpaired) electrons. The average molecular weight is 293 g/mol. The third kappa shape index (κ3) is 4.19. The van der Waals surface area contributed by atoms with Crippen LogP contribution in [0.2, 0.25) is 0 Å². The van der Waals surface area contributed by atoms with Crippen molar-refractivity contribution in [3.63, 3.8) is 0 Å². The van der Waals surface area contributed by atoms with Crippen molar-refractivity contribution in [1.82, 2.24) is 5.32 Å². The first-order valence-electron chi connectivity index (χ1n) is 7.23. The van der Waals surface area contributed by atoms with Crippen LogP contribution >= 0.6 is 0 Å². The molecule has 1 atom stereocenters. The monoisotopic (exact) mass is 293 g/mol. The number of hydrogen-bond donors (Lipinski definition) is 1.